The van der Waals surface area contributed by atoms with Gasteiger partial charge in [0.1, 0.15) is 0 Å². The molecule has 1 amide bonds. The monoisotopic (exact) mass is 199 g/mol. The van der Waals surface area contributed by atoms with Gasteiger partial charge in [-0.15, -0.1) is 11.3 Å². The van der Waals surface area contributed by atoms with Crippen molar-refractivity contribution in [1.82, 2.24) is 9.88 Å². The molecule has 1 aromatic heterocycles. The summed E-state index contributed by atoms with van der Waals surface area (Å²) in [6.45, 7) is 2.45. The molecule has 1 rings (SSSR count). The van der Waals surface area contributed by atoms with E-state index in [1.807, 2.05) is 17.3 Å². The second kappa shape index (κ2) is 4.34. The zero-order chi connectivity index (χ0) is 9.84. The van der Waals surface area contributed by atoms with Gasteiger partial charge in [0.2, 0.25) is 5.91 Å². The van der Waals surface area contributed by atoms with Crippen LogP contribution in [0, 0.1) is 0 Å². The van der Waals surface area contributed by atoms with E-state index in [0.717, 1.165) is 5.69 Å². The van der Waals surface area contributed by atoms with Gasteiger partial charge in [0.05, 0.1) is 17.2 Å². The molecule has 5 heteroatoms. The van der Waals surface area contributed by atoms with Gasteiger partial charge in [0.15, 0.2) is 0 Å². The van der Waals surface area contributed by atoms with E-state index in [1.165, 1.54) is 0 Å². The van der Waals surface area contributed by atoms with Gasteiger partial charge in [0.25, 0.3) is 0 Å². The van der Waals surface area contributed by atoms with Crippen LogP contribution in [-0.2, 0) is 11.3 Å². The van der Waals surface area contributed by atoms with Crippen LogP contribution in [0.15, 0.2) is 10.9 Å². The summed E-state index contributed by atoms with van der Waals surface area (Å²) < 4.78 is 0. The van der Waals surface area contributed by atoms with E-state index in [-0.39, 0.29) is 11.9 Å². The van der Waals surface area contributed by atoms with Gasteiger partial charge in [-0.05, 0) is 14.0 Å². The number of amides is 1. The number of rotatable bonds is 4. The van der Waals surface area contributed by atoms with E-state index in [2.05, 4.69) is 4.98 Å². The van der Waals surface area contributed by atoms with E-state index < -0.39 is 0 Å². The minimum absolute atomic E-state index is 0.248. The molecule has 0 fully saturated rings. The number of aromatic nitrogens is 1. The van der Waals surface area contributed by atoms with Gasteiger partial charge in [-0.1, -0.05) is 0 Å². The fraction of sp³-hybridized carbons (Fsp3) is 0.500. The smallest absolute Gasteiger partial charge is 0.234 e. The average molecular weight is 199 g/mol. The highest BCUT2D eigenvalue weighted by Crippen LogP contribution is 2.06. The zero-order valence-corrected chi connectivity index (χ0v) is 8.54. The van der Waals surface area contributed by atoms with Gasteiger partial charge in [-0.25, -0.2) is 4.98 Å². The number of likely N-dealkylation sites (N-methyl/N-ethyl adjacent to an activating group) is 1. The van der Waals surface area contributed by atoms with Gasteiger partial charge in [0, 0.05) is 11.9 Å². The number of hydrogen-bond donors (Lipinski definition) is 1. The van der Waals surface area contributed by atoms with Gasteiger partial charge in [-0.2, -0.15) is 0 Å². The lowest BCUT2D eigenvalue weighted by atomic mass is 10.3. The minimum Gasteiger partial charge on any atom is -0.368 e. The Kier molecular flexibility index (Phi) is 3.39. The van der Waals surface area contributed by atoms with Crippen LogP contribution in [0.25, 0.3) is 0 Å². The maximum Gasteiger partial charge on any atom is 0.234 e. The molecule has 4 nitrogen and oxygen atoms in total. The van der Waals surface area contributed by atoms with E-state index in [1.54, 1.807) is 23.8 Å². The third-order valence-electron chi connectivity index (χ3n) is 1.97. The molecule has 0 aliphatic carbocycles. The van der Waals surface area contributed by atoms with Crippen LogP contribution >= 0.6 is 11.3 Å². The lowest BCUT2D eigenvalue weighted by molar-refractivity contribution is -0.122. The lowest BCUT2D eigenvalue weighted by Crippen LogP contribution is -2.39. The number of primary amides is 1. The molecule has 2 N–H and O–H groups in total. The van der Waals surface area contributed by atoms with Crippen molar-refractivity contribution in [2.24, 2.45) is 5.73 Å². The Hall–Kier alpha value is -0.940. The summed E-state index contributed by atoms with van der Waals surface area (Å²) in [4.78, 5) is 16.8. The Morgan fingerprint density at radius 2 is 2.54 bits per heavy atom. The number of nitrogens with zero attached hydrogens (tertiary/aromatic N) is 2. The number of thiazole rings is 1. The summed E-state index contributed by atoms with van der Waals surface area (Å²) in [7, 11) is 1.86. The molecule has 0 radical (unpaired) electrons. The molecule has 0 aliphatic heterocycles. The Balaban J connectivity index is 2.50. The zero-order valence-electron chi connectivity index (χ0n) is 7.73. The third-order valence-corrected chi connectivity index (χ3v) is 2.60. The van der Waals surface area contributed by atoms with Crippen LogP contribution < -0.4 is 5.73 Å². The highest BCUT2D eigenvalue weighted by molar-refractivity contribution is 7.07. The molecule has 0 aromatic carbocycles. The predicted molar refractivity (Wildman–Crippen MR) is 52.2 cm³/mol. The normalized spacial score (nSPS) is 13.2. The van der Waals surface area contributed by atoms with Crippen molar-refractivity contribution in [3.8, 4) is 0 Å². The van der Waals surface area contributed by atoms with Crippen LogP contribution in [0.2, 0.25) is 0 Å². The molecule has 72 valence electrons. The van der Waals surface area contributed by atoms with Crippen molar-refractivity contribution in [3.63, 3.8) is 0 Å². The van der Waals surface area contributed by atoms with E-state index in [0.29, 0.717) is 6.54 Å². The average Bonchev–Trinajstić information content (AvgIpc) is 2.55. The van der Waals surface area contributed by atoms with E-state index >= 15 is 0 Å². The summed E-state index contributed by atoms with van der Waals surface area (Å²) in [6.07, 6.45) is 0. The van der Waals surface area contributed by atoms with Crippen molar-refractivity contribution >= 4 is 17.2 Å². The molecule has 1 heterocycles. The number of hydrogen-bond acceptors (Lipinski definition) is 4. The molecule has 1 aromatic rings. The highest BCUT2D eigenvalue weighted by atomic mass is 32.1. The molecule has 0 bridgehead atoms. The summed E-state index contributed by atoms with van der Waals surface area (Å²) in [5, 5.41) is 1.96. The topological polar surface area (TPSA) is 59.2 Å². The number of carbonyl (C=O) groups excluding carboxylic acids is 1. The maximum absolute atomic E-state index is 10.8. The van der Waals surface area contributed by atoms with Crippen molar-refractivity contribution in [2.75, 3.05) is 7.05 Å². The predicted octanol–water partition coefficient (Wildman–Crippen LogP) is 0.449. The van der Waals surface area contributed by atoms with Crippen molar-refractivity contribution < 1.29 is 4.79 Å². The summed E-state index contributed by atoms with van der Waals surface area (Å²) in [5.41, 5.74) is 7.92. The first kappa shape index (κ1) is 10.1. The Bertz CT molecular complexity index is 273. The quantitative estimate of drug-likeness (QED) is 0.766. The van der Waals surface area contributed by atoms with E-state index in [9.17, 15) is 4.79 Å². The number of nitrogens with two attached hydrogens (primary N) is 1. The second-order valence-electron chi connectivity index (χ2n) is 2.97. The second-order valence-corrected chi connectivity index (χ2v) is 3.69. The highest BCUT2D eigenvalue weighted by Gasteiger charge is 2.15. The first-order valence-electron chi connectivity index (χ1n) is 3.98. The van der Waals surface area contributed by atoms with Crippen LogP contribution in [0.5, 0.6) is 0 Å². The fourth-order valence-electron chi connectivity index (χ4n) is 0.925. The van der Waals surface area contributed by atoms with E-state index in [4.69, 9.17) is 5.73 Å². The standard InChI is InChI=1S/C8H13N3OS/c1-6(8(9)12)11(2)3-7-4-13-5-10-7/h4-6H,3H2,1-2H3,(H2,9,12). The van der Waals surface area contributed by atoms with Crippen LogP contribution in [-0.4, -0.2) is 28.9 Å². The molecule has 0 saturated carbocycles. The van der Waals surface area contributed by atoms with Crippen LogP contribution in [0.3, 0.4) is 0 Å². The first-order valence-corrected chi connectivity index (χ1v) is 4.92. The first-order chi connectivity index (χ1) is 6.11. The third kappa shape index (κ3) is 2.78. The molecular weight excluding hydrogens is 186 g/mol. The molecule has 1 unspecified atom stereocenters. The Labute approximate surface area is 81.4 Å². The van der Waals surface area contributed by atoms with Crippen molar-refractivity contribution in [1.29, 1.82) is 0 Å². The minimum atomic E-state index is -0.308. The molecule has 0 aliphatic rings. The molecule has 0 spiro atoms. The van der Waals surface area contributed by atoms with Gasteiger partial charge < -0.3 is 5.73 Å². The van der Waals surface area contributed by atoms with Gasteiger partial charge in [-0.3, -0.25) is 9.69 Å². The summed E-state index contributed by atoms with van der Waals surface area (Å²) in [5.74, 6) is -0.308. The SMILES string of the molecule is CC(C(N)=O)N(C)Cc1cscn1. The fourth-order valence-corrected chi connectivity index (χ4v) is 1.47. The Morgan fingerprint density at radius 3 is 3.00 bits per heavy atom. The summed E-state index contributed by atoms with van der Waals surface area (Å²) >= 11 is 1.55. The Morgan fingerprint density at radius 1 is 1.85 bits per heavy atom. The van der Waals surface area contributed by atoms with Crippen LogP contribution in [0.4, 0.5) is 0 Å². The molecular formula is C8H13N3OS. The molecule has 13 heavy (non-hydrogen) atoms. The summed E-state index contributed by atoms with van der Waals surface area (Å²) in [6, 6.07) is -0.248. The van der Waals surface area contributed by atoms with Crippen molar-refractivity contribution in [2.45, 2.75) is 19.5 Å². The van der Waals surface area contributed by atoms with Gasteiger partial charge >= 0.3 is 0 Å². The molecule has 1 atom stereocenters. The maximum atomic E-state index is 10.8. The molecule has 0 saturated heterocycles. The van der Waals surface area contributed by atoms with Crippen molar-refractivity contribution in [3.05, 3.63) is 16.6 Å². The lowest BCUT2D eigenvalue weighted by Gasteiger charge is -2.20. The van der Waals surface area contributed by atoms with Crippen LogP contribution in [0.1, 0.15) is 12.6 Å². The largest absolute Gasteiger partial charge is 0.368 e. The number of carbonyl (C=O) groups is 1.